The van der Waals surface area contributed by atoms with Crippen LogP contribution in [0.5, 0.6) is 0 Å². The number of anilines is 1. The van der Waals surface area contributed by atoms with Gasteiger partial charge in [0.25, 0.3) is 5.91 Å². The summed E-state index contributed by atoms with van der Waals surface area (Å²) in [7, 11) is -3.56. The van der Waals surface area contributed by atoms with E-state index in [0.717, 1.165) is 12.8 Å². The quantitative estimate of drug-likeness (QED) is 0.790. The van der Waals surface area contributed by atoms with Gasteiger partial charge in [0, 0.05) is 16.1 Å². The Kier molecular flexibility index (Phi) is 4.71. The van der Waals surface area contributed by atoms with Crippen molar-refractivity contribution in [2.24, 2.45) is 0 Å². The van der Waals surface area contributed by atoms with Gasteiger partial charge in [0.05, 0.1) is 10.6 Å². The first-order valence-electron chi connectivity index (χ1n) is 7.24. The largest absolute Gasteiger partial charge is 0.319 e. The summed E-state index contributed by atoms with van der Waals surface area (Å²) in [6.07, 6.45) is 1.69. The molecule has 0 unspecified atom stereocenters. The van der Waals surface area contributed by atoms with Gasteiger partial charge in [0.1, 0.15) is 5.82 Å². The van der Waals surface area contributed by atoms with Crippen molar-refractivity contribution >= 4 is 37.5 Å². The number of nitrogens with one attached hydrogen (secondary N) is 2. The van der Waals surface area contributed by atoms with Crippen LogP contribution >= 0.6 is 15.9 Å². The third kappa shape index (κ3) is 4.00. The summed E-state index contributed by atoms with van der Waals surface area (Å²) in [5.41, 5.74) is 0.290. The molecule has 126 valence electrons. The van der Waals surface area contributed by atoms with Crippen molar-refractivity contribution in [2.45, 2.75) is 23.8 Å². The molecule has 2 N–H and O–H groups in total. The van der Waals surface area contributed by atoms with Crippen molar-refractivity contribution in [3.63, 3.8) is 0 Å². The van der Waals surface area contributed by atoms with Gasteiger partial charge in [-0.3, -0.25) is 4.79 Å². The molecule has 0 aliphatic heterocycles. The Labute approximate surface area is 147 Å². The average molecular weight is 413 g/mol. The van der Waals surface area contributed by atoms with Gasteiger partial charge in [0.2, 0.25) is 10.0 Å². The highest BCUT2D eigenvalue weighted by molar-refractivity contribution is 9.10. The molecule has 2 aromatic rings. The molecule has 8 heteroatoms. The zero-order chi connectivity index (χ0) is 17.3. The van der Waals surface area contributed by atoms with E-state index in [2.05, 4.69) is 26.0 Å². The minimum Gasteiger partial charge on any atom is -0.319 e. The SMILES string of the molecule is O=C(Nc1ccc(Br)cc1F)c1ccc(S(=O)(=O)NC2CC2)cc1. The highest BCUT2D eigenvalue weighted by Crippen LogP contribution is 2.23. The second kappa shape index (κ2) is 6.62. The highest BCUT2D eigenvalue weighted by Gasteiger charge is 2.27. The molecule has 24 heavy (non-hydrogen) atoms. The van der Waals surface area contributed by atoms with Gasteiger partial charge < -0.3 is 5.32 Å². The summed E-state index contributed by atoms with van der Waals surface area (Å²) >= 11 is 3.14. The molecule has 0 aromatic heterocycles. The number of benzene rings is 2. The molecule has 0 saturated heterocycles. The van der Waals surface area contributed by atoms with E-state index in [9.17, 15) is 17.6 Å². The maximum absolute atomic E-state index is 13.7. The summed E-state index contributed by atoms with van der Waals surface area (Å²) in [4.78, 5) is 12.2. The van der Waals surface area contributed by atoms with E-state index in [-0.39, 0.29) is 22.2 Å². The Morgan fingerprint density at radius 1 is 1.12 bits per heavy atom. The van der Waals surface area contributed by atoms with Crippen LogP contribution in [0.15, 0.2) is 51.8 Å². The van der Waals surface area contributed by atoms with Gasteiger partial charge in [-0.25, -0.2) is 17.5 Å². The minimum atomic E-state index is -3.56. The summed E-state index contributed by atoms with van der Waals surface area (Å²) in [5, 5.41) is 2.45. The fraction of sp³-hybridized carbons (Fsp3) is 0.188. The molecule has 3 rings (SSSR count). The molecule has 0 radical (unpaired) electrons. The maximum Gasteiger partial charge on any atom is 0.255 e. The van der Waals surface area contributed by atoms with Crippen LogP contribution in [0.1, 0.15) is 23.2 Å². The van der Waals surface area contributed by atoms with Gasteiger partial charge >= 0.3 is 0 Å². The third-order valence-electron chi connectivity index (χ3n) is 3.51. The van der Waals surface area contributed by atoms with Crippen molar-refractivity contribution in [1.29, 1.82) is 0 Å². The molecule has 1 aliphatic carbocycles. The first-order valence-corrected chi connectivity index (χ1v) is 9.51. The van der Waals surface area contributed by atoms with E-state index < -0.39 is 21.7 Å². The minimum absolute atomic E-state index is 0.0124. The number of amides is 1. The van der Waals surface area contributed by atoms with Crippen LogP contribution in [0.3, 0.4) is 0 Å². The van der Waals surface area contributed by atoms with Gasteiger partial charge in [-0.05, 0) is 55.3 Å². The lowest BCUT2D eigenvalue weighted by Crippen LogP contribution is -2.25. The first-order chi connectivity index (χ1) is 11.3. The molecule has 0 atom stereocenters. The van der Waals surface area contributed by atoms with Crippen LogP contribution in [0.4, 0.5) is 10.1 Å². The van der Waals surface area contributed by atoms with E-state index >= 15 is 0 Å². The Morgan fingerprint density at radius 2 is 1.79 bits per heavy atom. The molecular formula is C16H14BrFN2O3S. The summed E-state index contributed by atoms with van der Waals surface area (Å²) in [5.74, 6) is -1.08. The Hall–Kier alpha value is -1.77. The van der Waals surface area contributed by atoms with Crippen molar-refractivity contribution in [2.75, 3.05) is 5.32 Å². The van der Waals surface area contributed by atoms with Crippen LogP contribution in [-0.2, 0) is 10.0 Å². The Morgan fingerprint density at radius 3 is 2.38 bits per heavy atom. The van der Waals surface area contributed by atoms with Crippen LogP contribution in [0.25, 0.3) is 0 Å². The van der Waals surface area contributed by atoms with E-state index in [1.165, 1.54) is 36.4 Å². The molecule has 1 fully saturated rings. The zero-order valence-corrected chi connectivity index (χ0v) is 14.8. The number of rotatable bonds is 5. The number of carbonyl (C=O) groups excluding carboxylic acids is 1. The van der Waals surface area contributed by atoms with E-state index in [4.69, 9.17) is 0 Å². The maximum atomic E-state index is 13.7. The van der Waals surface area contributed by atoms with E-state index in [1.807, 2.05) is 0 Å². The molecule has 1 saturated carbocycles. The topological polar surface area (TPSA) is 75.3 Å². The Bertz CT molecular complexity index is 881. The van der Waals surface area contributed by atoms with Crippen molar-refractivity contribution in [1.82, 2.24) is 4.72 Å². The lowest BCUT2D eigenvalue weighted by Gasteiger charge is -2.08. The normalized spacial score (nSPS) is 14.4. The molecule has 1 aliphatic rings. The molecule has 0 spiro atoms. The first kappa shape index (κ1) is 17.1. The van der Waals surface area contributed by atoms with Crippen molar-refractivity contribution < 1.29 is 17.6 Å². The number of hydrogen-bond donors (Lipinski definition) is 2. The lowest BCUT2D eigenvalue weighted by atomic mass is 10.2. The molecule has 0 heterocycles. The van der Waals surface area contributed by atoms with Crippen LogP contribution < -0.4 is 10.0 Å². The molecule has 5 nitrogen and oxygen atoms in total. The number of halogens is 2. The van der Waals surface area contributed by atoms with Gasteiger partial charge in [-0.15, -0.1) is 0 Å². The van der Waals surface area contributed by atoms with Gasteiger partial charge in [0.15, 0.2) is 0 Å². The highest BCUT2D eigenvalue weighted by atomic mass is 79.9. The van der Waals surface area contributed by atoms with E-state index in [0.29, 0.717) is 4.47 Å². The smallest absolute Gasteiger partial charge is 0.255 e. The predicted octanol–water partition coefficient (Wildman–Crippen LogP) is 3.28. The molecule has 0 bridgehead atoms. The second-order valence-electron chi connectivity index (χ2n) is 5.50. The second-order valence-corrected chi connectivity index (χ2v) is 8.13. The van der Waals surface area contributed by atoms with Crippen LogP contribution in [0.2, 0.25) is 0 Å². The lowest BCUT2D eigenvalue weighted by molar-refractivity contribution is 0.102. The zero-order valence-electron chi connectivity index (χ0n) is 12.4. The van der Waals surface area contributed by atoms with Crippen molar-refractivity contribution in [3.05, 3.63) is 58.3 Å². The summed E-state index contributed by atoms with van der Waals surface area (Å²) in [6, 6.07) is 9.82. The summed E-state index contributed by atoms with van der Waals surface area (Å²) in [6.45, 7) is 0. The fourth-order valence-corrected chi connectivity index (χ4v) is 3.70. The van der Waals surface area contributed by atoms with E-state index in [1.54, 1.807) is 6.07 Å². The molecule has 2 aromatic carbocycles. The standard InChI is InChI=1S/C16H14BrFN2O3S/c17-11-3-8-15(14(18)9-11)19-16(21)10-1-6-13(7-2-10)24(22,23)20-12-4-5-12/h1-3,6-9,12,20H,4-5H2,(H,19,21). The van der Waals surface area contributed by atoms with Gasteiger partial charge in [-0.1, -0.05) is 15.9 Å². The van der Waals surface area contributed by atoms with Crippen molar-refractivity contribution in [3.8, 4) is 0 Å². The van der Waals surface area contributed by atoms with Crippen LogP contribution in [0, 0.1) is 5.82 Å². The number of carbonyl (C=O) groups is 1. The number of sulfonamides is 1. The Balaban J connectivity index is 1.73. The monoisotopic (exact) mass is 412 g/mol. The van der Waals surface area contributed by atoms with Gasteiger partial charge in [-0.2, -0.15) is 0 Å². The number of hydrogen-bond acceptors (Lipinski definition) is 3. The third-order valence-corrected chi connectivity index (χ3v) is 5.53. The van der Waals surface area contributed by atoms with Crippen LogP contribution in [-0.4, -0.2) is 20.4 Å². The summed E-state index contributed by atoms with van der Waals surface area (Å²) < 4.78 is 41.0. The predicted molar refractivity (Wildman–Crippen MR) is 91.8 cm³/mol. The molecular weight excluding hydrogens is 399 g/mol. The average Bonchev–Trinajstić information content (AvgIpc) is 3.33. The molecule has 1 amide bonds. The fourth-order valence-electron chi connectivity index (χ4n) is 2.06.